The fourth-order valence-corrected chi connectivity index (χ4v) is 2.60. The maximum atomic E-state index is 12.1. The van der Waals surface area contributed by atoms with Gasteiger partial charge in [-0.2, -0.15) is 0 Å². The summed E-state index contributed by atoms with van der Waals surface area (Å²) < 4.78 is 5.44. The molecule has 0 bridgehead atoms. The third-order valence-corrected chi connectivity index (χ3v) is 4.09. The number of nitrogens with zero attached hydrogens (tertiary/aromatic N) is 1. The van der Waals surface area contributed by atoms with Crippen LogP contribution < -0.4 is 15.4 Å². The molecular formula is C18H14ClN3O5. The monoisotopic (exact) mass is 387 g/mol. The van der Waals surface area contributed by atoms with Crippen molar-refractivity contribution in [3.05, 3.63) is 63.2 Å². The summed E-state index contributed by atoms with van der Waals surface area (Å²) in [6, 6.07) is 9.10. The first-order valence-electron chi connectivity index (χ1n) is 7.88. The molecule has 138 valence electrons. The Morgan fingerprint density at radius 3 is 2.85 bits per heavy atom. The van der Waals surface area contributed by atoms with Gasteiger partial charge < -0.3 is 15.4 Å². The van der Waals surface area contributed by atoms with Crippen LogP contribution in [-0.2, 0) is 9.59 Å². The molecular weight excluding hydrogens is 374 g/mol. The van der Waals surface area contributed by atoms with Crippen molar-refractivity contribution in [2.24, 2.45) is 0 Å². The van der Waals surface area contributed by atoms with Crippen LogP contribution in [-0.4, -0.2) is 22.8 Å². The SMILES string of the molecule is CC1Oc2ccc(NC(=O)/C=C/c3ccc(Cl)c([N+](=O)[O-])c3)cc2NC1=O. The van der Waals surface area contributed by atoms with Gasteiger partial charge >= 0.3 is 0 Å². The summed E-state index contributed by atoms with van der Waals surface area (Å²) in [5, 5.41) is 16.3. The number of hydrogen-bond donors (Lipinski definition) is 2. The summed E-state index contributed by atoms with van der Waals surface area (Å²) in [5.74, 6) is -0.191. The smallest absolute Gasteiger partial charge is 0.288 e. The van der Waals surface area contributed by atoms with Gasteiger partial charge in [-0.3, -0.25) is 19.7 Å². The van der Waals surface area contributed by atoms with Crippen molar-refractivity contribution in [3.8, 4) is 5.75 Å². The standard InChI is InChI=1S/C18H14ClN3O5/c1-10-18(24)21-14-9-12(4-6-16(14)27-10)20-17(23)7-3-11-2-5-13(19)15(8-11)22(25)26/h2-10H,1H3,(H,20,23)(H,21,24)/b7-3+. The molecule has 0 fully saturated rings. The van der Waals surface area contributed by atoms with Gasteiger partial charge in [0.1, 0.15) is 10.8 Å². The zero-order chi connectivity index (χ0) is 19.6. The Morgan fingerprint density at radius 1 is 1.33 bits per heavy atom. The molecule has 1 aliphatic heterocycles. The van der Waals surface area contributed by atoms with Crippen molar-refractivity contribution < 1.29 is 19.2 Å². The average Bonchev–Trinajstić information content (AvgIpc) is 2.62. The molecule has 0 spiro atoms. The van der Waals surface area contributed by atoms with Crippen molar-refractivity contribution in [2.75, 3.05) is 10.6 Å². The normalized spacial score (nSPS) is 15.6. The van der Waals surface area contributed by atoms with Gasteiger partial charge in [0.05, 0.1) is 10.6 Å². The van der Waals surface area contributed by atoms with E-state index >= 15 is 0 Å². The zero-order valence-electron chi connectivity index (χ0n) is 14.1. The topological polar surface area (TPSA) is 111 Å². The summed E-state index contributed by atoms with van der Waals surface area (Å²) in [6.07, 6.45) is 2.09. The van der Waals surface area contributed by atoms with Gasteiger partial charge in [-0.05, 0) is 42.8 Å². The number of nitrogens with one attached hydrogen (secondary N) is 2. The third-order valence-electron chi connectivity index (χ3n) is 3.77. The van der Waals surface area contributed by atoms with E-state index in [9.17, 15) is 19.7 Å². The van der Waals surface area contributed by atoms with Crippen LogP contribution in [0.3, 0.4) is 0 Å². The van der Waals surface area contributed by atoms with Crippen LogP contribution in [0, 0.1) is 10.1 Å². The minimum atomic E-state index is -0.593. The van der Waals surface area contributed by atoms with Crippen LogP contribution in [0.15, 0.2) is 42.5 Å². The largest absolute Gasteiger partial charge is 0.479 e. The molecule has 0 saturated heterocycles. The second-order valence-electron chi connectivity index (χ2n) is 5.75. The van der Waals surface area contributed by atoms with Crippen molar-refractivity contribution in [1.82, 2.24) is 0 Å². The number of hydrogen-bond acceptors (Lipinski definition) is 5. The van der Waals surface area contributed by atoms with E-state index in [1.54, 1.807) is 31.2 Å². The van der Waals surface area contributed by atoms with Crippen LogP contribution in [0.5, 0.6) is 5.75 Å². The Labute approximate surface area is 158 Å². The van der Waals surface area contributed by atoms with E-state index in [0.717, 1.165) is 0 Å². The highest BCUT2D eigenvalue weighted by Gasteiger charge is 2.23. The molecule has 2 aromatic carbocycles. The van der Waals surface area contributed by atoms with Crippen molar-refractivity contribution in [1.29, 1.82) is 0 Å². The second kappa shape index (κ2) is 7.46. The van der Waals surface area contributed by atoms with E-state index in [4.69, 9.17) is 16.3 Å². The predicted octanol–water partition coefficient (Wildman–Crippen LogP) is 3.62. The highest BCUT2D eigenvalue weighted by atomic mass is 35.5. The molecule has 1 heterocycles. The lowest BCUT2D eigenvalue weighted by Crippen LogP contribution is -2.34. The van der Waals surface area contributed by atoms with Crippen molar-refractivity contribution in [3.63, 3.8) is 0 Å². The van der Waals surface area contributed by atoms with Crippen LogP contribution in [0.1, 0.15) is 12.5 Å². The zero-order valence-corrected chi connectivity index (χ0v) is 14.8. The lowest BCUT2D eigenvalue weighted by molar-refractivity contribution is -0.384. The third kappa shape index (κ3) is 4.24. The maximum Gasteiger partial charge on any atom is 0.288 e. The maximum absolute atomic E-state index is 12.1. The fraction of sp³-hybridized carbons (Fsp3) is 0.111. The molecule has 1 atom stereocenters. The Bertz CT molecular complexity index is 973. The lowest BCUT2D eigenvalue weighted by Gasteiger charge is -2.23. The quantitative estimate of drug-likeness (QED) is 0.473. The fourth-order valence-electron chi connectivity index (χ4n) is 2.42. The number of nitro benzene ring substituents is 1. The van der Waals surface area contributed by atoms with E-state index < -0.39 is 16.9 Å². The second-order valence-corrected chi connectivity index (χ2v) is 6.16. The number of rotatable bonds is 4. The van der Waals surface area contributed by atoms with Crippen molar-refractivity contribution in [2.45, 2.75) is 13.0 Å². The van der Waals surface area contributed by atoms with Gasteiger partial charge in [-0.15, -0.1) is 0 Å². The van der Waals surface area contributed by atoms with Crippen LogP contribution in [0.4, 0.5) is 17.1 Å². The van der Waals surface area contributed by atoms with Crippen LogP contribution in [0.2, 0.25) is 5.02 Å². The molecule has 3 rings (SSSR count). The summed E-state index contributed by atoms with van der Waals surface area (Å²) in [6.45, 7) is 1.64. The molecule has 2 N–H and O–H groups in total. The van der Waals surface area contributed by atoms with Gasteiger partial charge in [0.2, 0.25) is 5.91 Å². The van der Waals surface area contributed by atoms with Gasteiger partial charge in [0.15, 0.2) is 6.10 Å². The van der Waals surface area contributed by atoms with Gasteiger partial charge in [0, 0.05) is 17.8 Å². The molecule has 0 saturated carbocycles. The van der Waals surface area contributed by atoms with E-state index in [-0.39, 0.29) is 16.6 Å². The van der Waals surface area contributed by atoms with Gasteiger partial charge in [0.25, 0.3) is 11.6 Å². The Hall–Kier alpha value is -3.39. The Balaban J connectivity index is 1.70. The summed E-state index contributed by atoms with van der Waals surface area (Å²) >= 11 is 5.75. The number of carbonyl (C=O) groups excluding carboxylic acids is 2. The van der Waals surface area contributed by atoms with Gasteiger partial charge in [-0.1, -0.05) is 17.7 Å². The molecule has 0 aliphatic carbocycles. The predicted molar refractivity (Wildman–Crippen MR) is 101 cm³/mol. The van der Waals surface area contributed by atoms with Crippen molar-refractivity contribution >= 4 is 46.6 Å². The number of carbonyl (C=O) groups is 2. The van der Waals surface area contributed by atoms with E-state index in [2.05, 4.69) is 10.6 Å². The number of halogens is 1. The molecule has 2 amide bonds. The van der Waals surface area contributed by atoms with Gasteiger partial charge in [-0.25, -0.2) is 0 Å². The first-order valence-corrected chi connectivity index (χ1v) is 8.26. The van der Waals surface area contributed by atoms with E-state index in [0.29, 0.717) is 22.7 Å². The van der Waals surface area contributed by atoms with Crippen LogP contribution in [0.25, 0.3) is 6.08 Å². The Morgan fingerprint density at radius 2 is 2.11 bits per heavy atom. The van der Waals surface area contributed by atoms with Crippen LogP contribution >= 0.6 is 11.6 Å². The molecule has 1 unspecified atom stereocenters. The average molecular weight is 388 g/mol. The van der Waals surface area contributed by atoms with E-state index in [1.807, 2.05) is 0 Å². The molecule has 8 nitrogen and oxygen atoms in total. The first kappa shape index (κ1) is 18.4. The molecule has 0 radical (unpaired) electrons. The summed E-state index contributed by atoms with van der Waals surface area (Å²) in [7, 11) is 0. The highest BCUT2D eigenvalue weighted by Crippen LogP contribution is 2.32. The highest BCUT2D eigenvalue weighted by molar-refractivity contribution is 6.32. The number of fused-ring (bicyclic) bond motifs is 1. The molecule has 1 aliphatic rings. The number of ether oxygens (including phenoxy) is 1. The number of nitro groups is 1. The minimum absolute atomic E-state index is 0.0224. The number of anilines is 2. The lowest BCUT2D eigenvalue weighted by atomic mass is 10.2. The molecule has 27 heavy (non-hydrogen) atoms. The first-order chi connectivity index (χ1) is 12.8. The minimum Gasteiger partial charge on any atom is -0.479 e. The number of amides is 2. The summed E-state index contributed by atoms with van der Waals surface area (Å²) in [4.78, 5) is 34.0. The molecule has 9 heteroatoms. The number of benzene rings is 2. The van der Waals surface area contributed by atoms with E-state index in [1.165, 1.54) is 24.3 Å². The molecule has 2 aromatic rings. The Kier molecular flexibility index (Phi) is 5.09. The summed E-state index contributed by atoms with van der Waals surface area (Å²) in [5.41, 5.74) is 1.15. The molecule has 0 aromatic heterocycles.